The summed E-state index contributed by atoms with van der Waals surface area (Å²) in [5, 5.41) is 9.90. The van der Waals surface area contributed by atoms with Crippen molar-refractivity contribution in [1.29, 1.82) is 5.26 Å². The Bertz CT molecular complexity index is 705. The van der Waals surface area contributed by atoms with E-state index < -0.39 is 5.41 Å². The number of nitriles is 1. The number of nitrogens with zero attached hydrogens (tertiary/aromatic N) is 2. The second-order valence-electron chi connectivity index (χ2n) is 6.78. The lowest BCUT2D eigenvalue weighted by Gasteiger charge is -2.43. The molecule has 0 aliphatic carbocycles. The molecular formula is C21H23ClN2. The molecule has 1 fully saturated rings. The van der Waals surface area contributed by atoms with Gasteiger partial charge in [0.25, 0.3) is 0 Å². The summed E-state index contributed by atoms with van der Waals surface area (Å²) in [6.45, 7) is 3.90. The highest BCUT2D eigenvalue weighted by molar-refractivity contribution is 6.18. The topological polar surface area (TPSA) is 27.0 Å². The molecule has 3 heteroatoms. The molecule has 2 atom stereocenters. The van der Waals surface area contributed by atoms with Crippen LogP contribution in [0.3, 0.4) is 0 Å². The molecule has 2 aromatic rings. The van der Waals surface area contributed by atoms with Gasteiger partial charge >= 0.3 is 0 Å². The van der Waals surface area contributed by atoms with Crippen LogP contribution in [0.4, 0.5) is 0 Å². The van der Waals surface area contributed by atoms with Gasteiger partial charge in [-0.05, 0) is 30.9 Å². The number of aryl methyl sites for hydroxylation is 1. The van der Waals surface area contributed by atoms with Crippen LogP contribution in [0.25, 0.3) is 0 Å². The van der Waals surface area contributed by atoms with Crippen molar-refractivity contribution in [2.45, 2.75) is 37.8 Å². The summed E-state index contributed by atoms with van der Waals surface area (Å²) in [4.78, 5) is 2.43. The third-order valence-electron chi connectivity index (χ3n) is 5.15. The molecule has 2 nitrogen and oxygen atoms in total. The monoisotopic (exact) mass is 338 g/mol. The molecule has 0 amide bonds. The number of hydrogen-bond acceptors (Lipinski definition) is 2. The van der Waals surface area contributed by atoms with E-state index >= 15 is 0 Å². The molecule has 0 bridgehead atoms. The highest BCUT2D eigenvalue weighted by atomic mass is 35.5. The highest BCUT2D eigenvalue weighted by Gasteiger charge is 2.41. The van der Waals surface area contributed by atoms with E-state index in [9.17, 15) is 5.26 Å². The van der Waals surface area contributed by atoms with Crippen molar-refractivity contribution < 1.29 is 0 Å². The van der Waals surface area contributed by atoms with Gasteiger partial charge < -0.3 is 0 Å². The smallest absolute Gasteiger partial charge is 0.0849 e. The molecule has 1 heterocycles. The first-order chi connectivity index (χ1) is 11.7. The van der Waals surface area contributed by atoms with Crippen molar-refractivity contribution in [2.75, 3.05) is 12.4 Å². The van der Waals surface area contributed by atoms with E-state index in [0.717, 1.165) is 31.5 Å². The number of halogens is 1. The second kappa shape index (κ2) is 7.38. The predicted molar refractivity (Wildman–Crippen MR) is 99.1 cm³/mol. The van der Waals surface area contributed by atoms with Gasteiger partial charge in [-0.15, -0.1) is 11.6 Å². The molecule has 2 aromatic carbocycles. The summed E-state index contributed by atoms with van der Waals surface area (Å²) >= 11 is 6.29. The van der Waals surface area contributed by atoms with Gasteiger partial charge in [0.1, 0.15) is 0 Å². The average Bonchev–Trinajstić information content (AvgIpc) is 2.65. The predicted octanol–water partition coefficient (Wildman–Crippen LogP) is 4.66. The minimum atomic E-state index is -0.412. The minimum Gasteiger partial charge on any atom is -0.295 e. The molecule has 124 valence electrons. The molecule has 0 saturated carbocycles. The number of hydrogen-bond donors (Lipinski definition) is 0. The second-order valence-corrected chi connectivity index (χ2v) is 7.09. The Morgan fingerprint density at radius 1 is 1.17 bits per heavy atom. The van der Waals surface area contributed by atoms with Crippen LogP contribution in [0, 0.1) is 18.3 Å². The van der Waals surface area contributed by atoms with E-state index in [1.807, 2.05) is 18.2 Å². The van der Waals surface area contributed by atoms with Crippen LogP contribution in [0.5, 0.6) is 0 Å². The maximum atomic E-state index is 9.90. The van der Waals surface area contributed by atoms with Crippen molar-refractivity contribution >= 4 is 11.6 Å². The lowest BCUT2D eigenvalue weighted by Crippen LogP contribution is -2.49. The molecule has 1 saturated heterocycles. The highest BCUT2D eigenvalue weighted by Crippen LogP contribution is 2.38. The van der Waals surface area contributed by atoms with Gasteiger partial charge in [-0.25, -0.2) is 0 Å². The van der Waals surface area contributed by atoms with Gasteiger partial charge in [-0.3, -0.25) is 4.90 Å². The molecule has 0 radical (unpaired) electrons. The number of likely N-dealkylation sites (tertiary alicyclic amines) is 1. The molecule has 0 unspecified atom stereocenters. The van der Waals surface area contributed by atoms with Crippen molar-refractivity contribution in [2.24, 2.45) is 0 Å². The Kier molecular flexibility index (Phi) is 5.23. The van der Waals surface area contributed by atoms with Crippen LogP contribution in [0.1, 0.15) is 29.5 Å². The Morgan fingerprint density at radius 3 is 2.50 bits per heavy atom. The van der Waals surface area contributed by atoms with Gasteiger partial charge in [-0.2, -0.15) is 5.26 Å². The first-order valence-corrected chi connectivity index (χ1v) is 9.03. The summed E-state index contributed by atoms with van der Waals surface area (Å²) in [6.07, 6.45) is 1.65. The number of benzene rings is 2. The fraction of sp³-hybridized carbons (Fsp3) is 0.381. The van der Waals surface area contributed by atoms with E-state index in [-0.39, 0.29) is 6.04 Å². The SMILES string of the molecule is Cc1ccc(CN2CC[C@@](C#N)(c3ccccc3)C[C@@H]2CCl)cc1. The first kappa shape index (κ1) is 17.0. The summed E-state index contributed by atoms with van der Waals surface area (Å²) in [6, 6.07) is 21.7. The van der Waals surface area contributed by atoms with E-state index in [1.54, 1.807) is 0 Å². The van der Waals surface area contributed by atoms with E-state index in [1.165, 1.54) is 11.1 Å². The summed E-state index contributed by atoms with van der Waals surface area (Å²) in [7, 11) is 0. The molecular weight excluding hydrogens is 316 g/mol. The molecule has 0 N–H and O–H groups in total. The average molecular weight is 339 g/mol. The van der Waals surface area contributed by atoms with Crippen molar-refractivity contribution in [3.8, 4) is 6.07 Å². The number of alkyl halides is 1. The normalized spacial score (nSPS) is 24.5. The van der Waals surface area contributed by atoms with Crippen LogP contribution in [-0.2, 0) is 12.0 Å². The van der Waals surface area contributed by atoms with E-state index in [4.69, 9.17) is 11.6 Å². The lowest BCUT2D eigenvalue weighted by molar-refractivity contribution is 0.119. The van der Waals surface area contributed by atoms with E-state index in [0.29, 0.717) is 5.88 Å². The number of rotatable bonds is 4. The zero-order chi connectivity index (χ0) is 17.0. The Balaban J connectivity index is 1.78. The lowest BCUT2D eigenvalue weighted by atomic mass is 9.71. The Morgan fingerprint density at radius 2 is 1.88 bits per heavy atom. The number of piperidine rings is 1. The molecule has 0 spiro atoms. The standard InChI is InChI=1S/C21H23ClN2/c1-17-7-9-18(10-8-17)15-24-12-11-21(16-23,13-20(24)14-22)19-5-3-2-4-6-19/h2-10,20H,11-15H2,1H3/t20-,21-/m1/s1. The van der Waals surface area contributed by atoms with Gasteiger partial charge in [0.15, 0.2) is 0 Å². The fourth-order valence-corrected chi connectivity index (χ4v) is 3.93. The van der Waals surface area contributed by atoms with Crippen LogP contribution >= 0.6 is 11.6 Å². The molecule has 24 heavy (non-hydrogen) atoms. The van der Waals surface area contributed by atoms with Crippen molar-refractivity contribution in [3.05, 3.63) is 71.3 Å². The van der Waals surface area contributed by atoms with Crippen LogP contribution in [-0.4, -0.2) is 23.4 Å². The van der Waals surface area contributed by atoms with Gasteiger partial charge in [0.05, 0.1) is 11.5 Å². The largest absolute Gasteiger partial charge is 0.295 e. The van der Waals surface area contributed by atoms with Crippen LogP contribution in [0.15, 0.2) is 54.6 Å². The van der Waals surface area contributed by atoms with Gasteiger partial charge in [-0.1, -0.05) is 60.2 Å². The van der Waals surface area contributed by atoms with Crippen LogP contribution in [0.2, 0.25) is 0 Å². The van der Waals surface area contributed by atoms with Gasteiger partial charge in [0, 0.05) is 25.0 Å². The quantitative estimate of drug-likeness (QED) is 0.758. The zero-order valence-electron chi connectivity index (χ0n) is 14.1. The molecule has 0 aromatic heterocycles. The van der Waals surface area contributed by atoms with Crippen molar-refractivity contribution in [3.63, 3.8) is 0 Å². The summed E-state index contributed by atoms with van der Waals surface area (Å²) < 4.78 is 0. The maximum absolute atomic E-state index is 9.90. The third kappa shape index (κ3) is 3.48. The molecule has 3 rings (SSSR count). The molecule has 1 aliphatic heterocycles. The summed E-state index contributed by atoms with van der Waals surface area (Å²) in [5.74, 6) is 0.558. The third-order valence-corrected chi connectivity index (χ3v) is 5.51. The first-order valence-electron chi connectivity index (χ1n) is 8.49. The van der Waals surface area contributed by atoms with Crippen LogP contribution < -0.4 is 0 Å². The van der Waals surface area contributed by atoms with Gasteiger partial charge in [0.2, 0.25) is 0 Å². The maximum Gasteiger partial charge on any atom is 0.0849 e. The van der Waals surface area contributed by atoms with E-state index in [2.05, 4.69) is 54.3 Å². The summed E-state index contributed by atoms with van der Waals surface area (Å²) in [5.41, 5.74) is 3.29. The Hall–Kier alpha value is -1.82. The van der Waals surface area contributed by atoms with Crippen molar-refractivity contribution in [1.82, 2.24) is 4.90 Å². The fourth-order valence-electron chi connectivity index (χ4n) is 3.62. The Labute approximate surface area is 149 Å². The minimum absolute atomic E-state index is 0.224. The molecule has 1 aliphatic rings. The zero-order valence-corrected chi connectivity index (χ0v) is 14.8.